The van der Waals surface area contributed by atoms with Gasteiger partial charge in [-0.2, -0.15) is 0 Å². The third-order valence-corrected chi connectivity index (χ3v) is 4.26. The van der Waals surface area contributed by atoms with Crippen molar-refractivity contribution in [2.45, 2.75) is 25.8 Å². The van der Waals surface area contributed by atoms with E-state index in [1.54, 1.807) is 0 Å². The highest BCUT2D eigenvalue weighted by atomic mass is 15.2. The highest BCUT2D eigenvalue weighted by molar-refractivity contribution is 5.53. The molecule has 2 heteroatoms. The highest BCUT2D eigenvalue weighted by Gasteiger charge is 2.19. The average Bonchev–Trinajstić information content (AvgIpc) is 2.74. The van der Waals surface area contributed by atoms with Crippen LogP contribution in [0.15, 0.2) is 54.6 Å². The Labute approximate surface area is 127 Å². The fraction of sp³-hybridized carbons (Fsp3) is 0.368. The summed E-state index contributed by atoms with van der Waals surface area (Å²) in [4.78, 5) is 2.54. The van der Waals surface area contributed by atoms with Gasteiger partial charge in [0.1, 0.15) is 0 Å². The van der Waals surface area contributed by atoms with Crippen LogP contribution in [0.4, 0.5) is 5.69 Å². The first-order chi connectivity index (χ1) is 10.3. The zero-order valence-corrected chi connectivity index (χ0v) is 12.8. The normalized spacial score (nSPS) is 19.3. The fourth-order valence-corrected chi connectivity index (χ4v) is 3.17. The quantitative estimate of drug-likeness (QED) is 0.927. The number of nitrogens with one attached hydrogen (secondary N) is 1. The van der Waals surface area contributed by atoms with Gasteiger partial charge in [0.2, 0.25) is 0 Å². The Bertz CT molecular complexity index is 565. The van der Waals surface area contributed by atoms with Crippen molar-refractivity contribution in [2.75, 3.05) is 24.5 Å². The molecule has 2 aromatic carbocycles. The van der Waals surface area contributed by atoms with Crippen LogP contribution in [0.1, 0.15) is 17.5 Å². The van der Waals surface area contributed by atoms with Gasteiger partial charge in [0.25, 0.3) is 0 Å². The standard InChI is InChI=1S/C19H24N2/c1-16-8-5-6-11-19(16)21-13-7-12-20-18(15-21)14-17-9-3-2-4-10-17/h2-6,8-11,18,20H,7,12-15H2,1H3. The van der Waals surface area contributed by atoms with Crippen LogP contribution in [0.3, 0.4) is 0 Å². The largest absolute Gasteiger partial charge is 0.370 e. The molecule has 21 heavy (non-hydrogen) atoms. The summed E-state index contributed by atoms with van der Waals surface area (Å²) in [6.45, 7) is 5.54. The van der Waals surface area contributed by atoms with Gasteiger partial charge in [0.15, 0.2) is 0 Å². The lowest BCUT2D eigenvalue weighted by Gasteiger charge is -2.28. The van der Waals surface area contributed by atoms with E-state index in [1.165, 1.54) is 23.2 Å². The molecule has 1 aliphatic heterocycles. The molecule has 0 amide bonds. The molecule has 0 bridgehead atoms. The molecule has 1 saturated heterocycles. The van der Waals surface area contributed by atoms with Gasteiger partial charge in [-0.1, -0.05) is 48.5 Å². The fourth-order valence-electron chi connectivity index (χ4n) is 3.17. The van der Waals surface area contributed by atoms with Crippen molar-refractivity contribution in [2.24, 2.45) is 0 Å². The van der Waals surface area contributed by atoms with Gasteiger partial charge < -0.3 is 10.2 Å². The molecule has 0 radical (unpaired) electrons. The van der Waals surface area contributed by atoms with E-state index < -0.39 is 0 Å². The molecule has 1 aliphatic rings. The molecule has 1 heterocycles. The summed E-state index contributed by atoms with van der Waals surface area (Å²) in [5.41, 5.74) is 4.18. The molecule has 0 saturated carbocycles. The Morgan fingerprint density at radius 3 is 2.62 bits per heavy atom. The van der Waals surface area contributed by atoms with Crippen LogP contribution in [0.2, 0.25) is 0 Å². The first kappa shape index (κ1) is 14.2. The van der Waals surface area contributed by atoms with E-state index in [1.807, 2.05) is 0 Å². The number of nitrogens with zero attached hydrogens (tertiary/aromatic N) is 1. The van der Waals surface area contributed by atoms with Crippen LogP contribution in [0, 0.1) is 6.92 Å². The van der Waals surface area contributed by atoms with Gasteiger partial charge >= 0.3 is 0 Å². The molecule has 1 unspecified atom stereocenters. The number of benzene rings is 2. The monoisotopic (exact) mass is 280 g/mol. The topological polar surface area (TPSA) is 15.3 Å². The lowest BCUT2D eigenvalue weighted by molar-refractivity contribution is 0.540. The van der Waals surface area contributed by atoms with Crippen molar-refractivity contribution in [1.29, 1.82) is 0 Å². The lowest BCUT2D eigenvalue weighted by Crippen LogP contribution is -2.39. The summed E-state index contributed by atoms with van der Waals surface area (Å²) in [6.07, 6.45) is 2.31. The number of rotatable bonds is 3. The first-order valence-electron chi connectivity index (χ1n) is 7.91. The Kier molecular flexibility index (Phi) is 4.56. The summed E-state index contributed by atoms with van der Waals surface area (Å²) < 4.78 is 0. The van der Waals surface area contributed by atoms with Gasteiger partial charge in [-0.15, -0.1) is 0 Å². The third kappa shape index (κ3) is 3.64. The van der Waals surface area contributed by atoms with Crippen LogP contribution >= 0.6 is 0 Å². The van der Waals surface area contributed by atoms with Crippen molar-refractivity contribution in [1.82, 2.24) is 5.32 Å². The lowest BCUT2D eigenvalue weighted by atomic mass is 10.1. The van der Waals surface area contributed by atoms with E-state index in [4.69, 9.17) is 0 Å². The average molecular weight is 280 g/mol. The van der Waals surface area contributed by atoms with Gasteiger partial charge in [-0.05, 0) is 43.5 Å². The number of aryl methyl sites for hydroxylation is 1. The number of para-hydroxylation sites is 1. The van der Waals surface area contributed by atoms with E-state index >= 15 is 0 Å². The van der Waals surface area contributed by atoms with Crippen molar-refractivity contribution in [3.63, 3.8) is 0 Å². The first-order valence-corrected chi connectivity index (χ1v) is 7.91. The van der Waals surface area contributed by atoms with E-state index in [-0.39, 0.29) is 0 Å². The summed E-state index contributed by atoms with van der Waals surface area (Å²) >= 11 is 0. The molecular weight excluding hydrogens is 256 g/mol. The Morgan fingerprint density at radius 1 is 1.05 bits per heavy atom. The van der Waals surface area contributed by atoms with Crippen LogP contribution in [0.25, 0.3) is 0 Å². The van der Waals surface area contributed by atoms with Crippen LogP contribution < -0.4 is 10.2 Å². The molecule has 1 atom stereocenters. The van der Waals surface area contributed by atoms with Crippen molar-refractivity contribution < 1.29 is 0 Å². The molecule has 1 fully saturated rings. The molecule has 0 aliphatic carbocycles. The van der Waals surface area contributed by atoms with Gasteiger partial charge in [0.05, 0.1) is 0 Å². The molecule has 3 rings (SSSR count). The minimum absolute atomic E-state index is 0.523. The SMILES string of the molecule is Cc1ccccc1N1CCCNC(Cc2ccccc2)C1. The number of hydrogen-bond donors (Lipinski definition) is 1. The highest BCUT2D eigenvalue weighted by Crippen LogP contribution is 2.21. The predicted molar refractivity (Wildman–Crippen MR) is 89.9 cm³/mol. The van der Waals surface area contributed by atoms with Crippen molar-refractivity contribution in [3.8, 4) is 0 Å². The minimum atomic E-state index is 0.523. The van der Waals surface area contributed by atoms with E-state index in [2.05, 4.69) is 71.7 Å². The second-order valence-electron chi connectivity index (χ2n) is 5.93. The Hall–Kier alpha value is -1.80. The summed E-state index contributed by atoms with van der Waals surface area (Å²) in [7, 11) is 0. The van der Waals surface area contributed by atoms with Crippen molar-refractivity contribution >= 4 is 5.69 Å². The number of anilines is 1. The smallest absolute Gasteiger partial charge is 0.0396 e. The maximum absolute atomic E-state index is 3.71. The molecule has 2 nitrogen and oxygen atoms in total. The maximum atomic E-state index is 3.71. The second kappa shape index (κ2) is 6.77. The zero-order chi connectivity index (χ0) is 14.5. The summed E-state index contributed by atoms with van der Waals surface area (Å²) in [5, 5.41) is 3.71. The summed E-state index contributed by atoms with van der Waals surface area (Å²) in [5.74, 6) is 0. The zero-order valence-electron chi connectivity index (χ0n) is 12.8. The number of hydrogen-bond acceptors (Lipinski definition) is 2. The third-order valence-electron chi connectivity index (χ3n) is 4.26. The summed E-state index contributed by atoms with van der Waals surface area (Å²) in [6, 6.07) is 20.0. The van der Waals surface area contributed by atoms with E-state index in [0.717, 1.165) is 26.1 Å². The van der Waals surface area contributed by atoms with Gasteiger partial charge in [-0.25, -0.2) is 0 Å². The minimum Gasteiger partial charge on any atom is -0.370 e. The molecule has 1 N–H and O–H groups in total. The van der Waals surface area contributed by atoms with Crippen LogP contribution in [0.5, 0.6) is 0 Å². The van der Waals surface area contributed by atoms with Crippen LogP contribution in [-0.2, 0) is 6.42 Å². The molecular formula is C19H24N2. The second-order valence-corrected chi connectivity index (χ2v) is 5.93. The van der Waals surface area contributed by atoms with E-state index in [9.17, 15) is 0 Å². The van der Waals surface area contributed by atoms with Crippen molar-refractivity contribution in [3.05, 3.63) is 65.7 Å². The Morgan fingerprint density at radius 2 is 1.81 bits per heavy atom. The predicted octanol–water partition coefficient (Wildman–Crippen LogP) is 3.41. The molecule has 0 spiro atoms. The molecule has 110 valence electrons. The Balaban J connectivity index is 1.73. The van der Waals surface area contributed by atoms with Gasteiger partial charge in [0, 0.05) is 24.8 Å². The van der Waals surface area contributed by atoms with Gasteiger partial charge in [-0.3, -0.25) is 0 Å². The maximum Gasteiger partial charge on any atom is 0.0396 e. The van der Waals surface area contributed by atoms with Crippen LogP contribution in [-0.4, -0.2) is 25.7 Å². The molecule has 0 aromatic heterocycles. The van der Waals surface area contributed by atoms with E-state index in [0.29, 0.717) is 6.04 Å². The molecule has 2 aromatic rings.